The minimum absolute atomic E-state index is 0.0568. The van der Waals surface area contributed by atoms with Crippen molar-refractivity contribution in [1.82, 2.24) is 9.80 Å². The first-order chi connectivity index (χ1) is 15.0. The molecular formula is C25H23FN2O3. The summed E-state index contributed by atoms with van der Waals surface area (Å²) in [4.78, 5) is 29.1. The van der Waals surface area contributed by atoms with E-state index in [9.17, 15) is 14.0 Å². The first-order valence-corrected chi connectivity index (χ1v) is 10.1. The summed E-state index contributed by atoms with van der Waals surface area (Å²) in [6.07, 6.45) is 0. The molecule has 4 rings (SSSR count). The number of hydrogen-bond acceptors (Lipinski definition) is 3. The molecule has 0 unspecified atom stereocenters. The van der Waals surface area contributed by atoms with Crippen LogP contribution in [0.4, 0.5) is 4.39 Å². The minimum Gasteiger partial charge on any atom is -0.497 e. The van der Waals surface area contributed by atoms with Crippen LogP contribution in [0.2, 0.25) is 0 Å². The lowest BCUT2D eigenvalue weighted by atomic mass is 10.0. The Bertz CT molecular complexity index is 1090. The summed E-state index contributed by atoms with van der Waals surface area (Å²) in [6.45, 7) is 1.79. The first-order valence-electron chi connectivity index (χ1n) is 10.1. The third kappa shape index (κ3) is 4.58. The van der Waals surface area contributed by atoms with Crippen molar-refractivity contribution >= 4 is 11.8 Å². The van der Waals surface area contributed by atoms with Crippen molar-refractivity contribution in [2.24, 2.45) is 0 Å². The average molecular weight is 418 g/mol. The molecule has 0 radical (unpaired) electrons. The van der Waals surface area contributed by atoms with Crippen LogP contribution in [0, 0.1) is 5.82 Å². The van der Waals surface area contributed by atoms with Crippen molar-refractivity contribution in [3.05, 3.63) is 89.7 Å². The number of rotatable bonds is 4. The topological polar surface area (TPSA) is 49.9 Å². The number of carbonyl (C=O) groups excluding carboxylic acids is 2. The third-order valence-corrected chi connectivity index (χ3v) is 5.46. The van der Waals surface area contributed by atoms with E-state index in [2.05, 4.69) is 0 Å². The molecule has 0 spiro atoms. The molecule has 0 aromatic heterocycles. The predicted molar refractivity (Wildman–Crippen MR) is 117 cm³/mol. The summed E-state index contributed by atoms with van der Waals surface area (Å²) < 4.78 is 18.4. The monoisotopic (exact) mass is 418 g/mol. The van der Waals surface area contributed by atoms with Gasteiger partial charge in [0.25, 0.3) is 11.8 Å². The van der Waals surface area contributed by atoms with Gasteiger partial charge in [-0.05, 0) is 59.7 Å². The van der Waals surface area contributed by atoms with Gasteiger partial charge in [-0.3, -0.25) is 9.59 Å². The molecule has 158 valence electrons. The smallest absolute Gasteiger partial charge is 0.253 e. The number of amides is 2. The lowest BCUT2D eigenvalue weighted by Crippen LogP contribution is -2.50. The van der Waals surface area contributed by atoms with Crippen molar-refractivity contribution in [3.8, 4) is 16.9 Å². The fourth-order valence-electron chi connectivity index (χ4n) is 3.70. The van der Waals surface area contributed by atoms with E-state index in [4.69, 9.17) is 4.74 Å². The molecule has 3 aromatic carbocycles. The van der Waals surface area contributed by atoms with Crippen LogP contribution in [-0.2, 0) is 0 Å². The van der Waals surface area contributed by atoms with Crippen LogP contribution < -0.4 is 4.74 Å². The Hall–Kier alpha value is -3.67. The van der Waals surface area contributed by atoms with E-state index in [1.165, 1.54) is 24.3 Å². The number of hydrogen-bond donors (Lipinski definition) is 0. The summed E-state index contributed by atoms with van der Waals surface area (Å²) in [5.74, 6) is 0.185. The molecule has 1 aliphatic heterocycles. The Balaban J connectivity index is 1.43. The maximum Gasteiger partial charge on any atom is 0.253 e. The molecular weight excluding hydrogens is 395 g/mol. The van der Waals surface area contributed by atoms with Crippen molar-refractivity contribution in [2.45, 2.75) is 0 Å². The van der Waals surface area contributed by atoms with E-state index in [-0.39, 0.29) is 17.6 Å². The maximum absolute atomic E-state index is 13.1. The predicted octanol–water partition coefficient (Wildman–Crippen LogP) is 4.10. The van der Waals surface area contributed by atoms with Crippen LogP contribution >= 0.6 is 0 Å². The molecule has 1 heterocycles. The van der Waals surface area contributed by atoms with Gasteiger partial charge in [-0.25, -0.2) is 4.39 Å². The highest BCUT2D eigenvalue weighted by Crippen LogP contribution is 2.25. The van der Waals surface area contributed by atoms with Crippen LogP contribution in [0.15, 0.2) is 72.8 Å². The average Bonchev–Trinajstić information content (AvgIpc) is 2.84. The zero-order chi connectivity index (χ0) is 21.8. The minimum atomic E-state index is -0.372. The second-order valence-corrected chi connectivity index (χ2v) is 7.40. The lowest BCUT2D eigenvalue weighted by molar-refractivity contribution is 0.0535. The van der Waals surface area contributed by atoms with Crippen molar-refractivity contribution in [3.63, 3.8) is 0 Å². The zero-order valence-corrected chi connectivity index (χ0v) is 17.3. The molecule has 0 atom stereocenters. The molecule has 1 fully saturated rings. The van der Waals surface area contributed by atoms with Gasteiger partial charge < -0.3 is 14.5 Å². The number of nitrogens with zero attached hydrogens (tertiary/aromatic N) is 2. The third-order valence-electron chi connectivity index (χ3n) is 5.46. The molecule has 0 aliphatic carbocycles. The molecule has 6 heteroatoms. The number of carbonyl (C=O) groups is 2. The second kappa shape index (κ2) is 9.00. The Kier molecular flexibility index (Phi) is 5.98. The van der Waals surface area contributed by atoms with Gasteiger partial charge in [-0.1, -0.05) is 24.3 Å². The van der Waals surface area contributed by atoms with Gasteiger partial charge in [-0.15, -0.1) is 0 Å². The summed E-state index contributed by atoms with van der Waals surface area (Å²) in [5, 5.41) is 0. The van der Waals surface area contributed by atoms with Crippen LogP contribution in [0.25, 0.3) is 11.1 Å². The largest absolute Gasteiger partial charge is 0.497 e. The van der Waals surface area contributed by atoms with Crippen LogP contribution in [0.5, 0.6) is 5.75 Å². The van der Waals surface area contributed by atoms with Crippen LogP contribution in [0.3, 0.4) is 0 Å². The standard InChI is InChI=1S/C25H23FN2O3/c1-31-23-7-3-5-20(17-23)19-4-2-6-21(16-19)25(30)28-14-12-27(13-15-28)24(29)18-8-10-22(26)11-9-18/h2-11,16-17H,12-15H2,1H3. The van der Waals surface area contributed by atoms with Crippen molar-refractivity contribution in [1.29, 1.82) is 0 Å². The number of halogens is 1. The molecule has 1 aliphatic rings. The molecule has 0 saturated carbocycles. The van der Waals surface area contributed by atoms with Gasteiger partial charge in [0, 0.05) is 37.3 Å². The van der Waals surface area contributed by atoms with E-state index in [1.54, 1.807) is 16.9 Å². The highest BCUT2D eigenvalue weighted by atomic mass is 19.1. The Labute approximate surface area is 180 Å². The van der Waals surface area contributed by atoms with Gasteiger partial charge in [0.2, 0.25) is 0 Å². The number of methoxy groups -OCH3 is 1. The normalized spacial score (nSPS) is 13.7. The fourth-order valence-corrected chi connectivity index (χ4v) is 3.70. The van der Waals surface area contributed by atoms with Crippen molar-refractivity contribution in [2.75, 3.05) is 33.3 Å². The van der Waals surface area contributed by atoms with Gasteiger partial charge in [-0.2, -0.15) is 0 Å². The molecule has 2 amide bonds. The van der Waals surface area contributed by atoms with Crippen molar-refractivity contribution < 1.29 is 18.7 Å². The van der Waals surface area contributed by atoms with E-state index in [0.717, 1.165) is 16.9 Å². The molecule has 0 bridgehead atoms. The number of benzene rings is 3. The number of piperazine rings is 1. The Morgan fingerprint density at radius 1 is 0.742 bits per heavy atom. The van der Waals surface area contributed by atoms with E-state index >= 15 is 0 Å². The lowest BCUT2D eigenvalue weighted by Gasteiger charge is -2.35. The molecule has 5 nitrogen and oxygen atoms in total. The highest BCUT2D eigenvalue weighted by Gasteiger charge is 2.25. The van der Waals surface area contributed by atoms with Crippen LogP contribution in [0.1, 0.15) is 20.7 Å². The van der Waals surface area contributed by atoms with E-state index < -0.39 is 0 Å². The van der Waals surface area contributed by atoms with E-state index in [1.807, 2.05) is 48.5 Å². The summed E-state index contributed by atoms with van der Waals surface area (Å²) in [5.41, 5.74) is 2.98. The molecule has 3 aromatic rings. The van der Waals surface area contributed by atoms with E-state index in [0.29, 0.717) is 37.3 Å². The Morgan fingerprint density at radius 3 is 1.90 bits per heavy atom. The maximum atomic E-state index is 13.1. The first kappa shape index (κ1) is 20.6. The summed E-state index contributed by atoms with van der Waals surface area (Å²) >= 11 is 0. The second-order valence-electron chi connectivity index (χ2n) is 7.40. The van der Waals surface area contributed by atoms with Gasteiger partial charge in [0.05, 0.1) is 7.11 Å². The highest BCUT2D eigenvalue weighted by molar-refractivity contribution is 5.96. The van der Waals surface area contributed by atoms with Crippen LogP contribution in [-0.4, -0.2) is 54.9 Å². The quantitative estimate of drug-likeness (QED) is 0.641. The fraction of sp³-hybridized carbons (Fsp3) is 0.200. The summed E-state index contributed by atoms with van der Waals surface area (Å²) in [7, 11) is 1.62. The van der Waals surface area contributed by atoms with Gasteiger partial charge in [0.15, 0.2) is 0 Å². The SMILES string of the molecule is COc1cccc(-c2cccc(C(=O)N3CCN(C(=O)c4ccc(F)cc4)CC3)c2)c1. The van der Waals surface area contributed by atoms with Gasteiger partial charge in [0.1, 0.15) is 11.6 Å². The number of ether oxygens (including phenoxy) is 1. The summed E-state index contributed by atoms with van der Waals surface area (Å²) in [6, 6.07) is 20.8. The molecule has 31 heavy (non-hydrogen) atoms. The van der Waals surface area contributed by atoms with Gasteiger partial charge >= 0.3 is 0 Å². The molecule has 1 saturated heterocycles. The Morgan fingerprint density at radius 2 is 1.29 bits per heavy atom. The molecule has 0 N–H and O–H groups in total. The zero-order valence-electron chi connectivity index (χ0n) is 17.3.